The lowest BCUT2D eigenvalue weighted by atomic mass is 10.00. The van der Waals surface area contributed by atoms with Gasteiger partial charge in [-0.25, -0.2) is 4.98 Å². The Morgan fingerprint density at radius 2 is 1.49 bits per heavy atom. The van der Waals surface area contributed by atoms with Gasteiger partial charge in [-0.3, -0.25) is 0 Å². The highest BCUT2D eigenvalue weighted by molar-refractivity contribution is 5.69. The summed E-state index contributed by atoms with van der Waals surface area (Å²) in [5, 5.41) is 14.5. The van der Waals surface area contributed by atoms with E-state index in [0.29, 0.717) is 12.3 Å². The van der Waals surface area contributed by atoms with E-state index in [2.05, 4.69) is 84.4 Å². The summed E-state index contributed by atoms with van der Waals surface area (Å²) in [5.41, 5.74) is 6.44. The lowest BCUT2D eigenvalue weighted by molar-refractivity contribution is 0.430. The summed E-state index contributed by atoms with van der Waals surface area (Å²) in [6.07, 6.45) is 6.75. The largest absolute Gasteiger partial charge is 0.507 e. The van der Waals surface area contributed by atoms with Gasteiger partial charge < -0.3 is 15.0 Å². The van der Waals surface area contributed by atoms with E-state index in [1.165, 1.54) is 18.5 Å². The van der Waals surface area contributed by atoms with Gasteiger partial charge in [-0.15, -0.1) is 0 Å². The molecule has 2 N–H and O–H groups in total. The van der Waals surface area contributed by atoms with Crippen LogP contribution in [0, 0.1) is 6.92 Å². The number of benzene rings is 3. The van der Waals surface area contributed by atoms with E-state index in [4.69, 9.17) is 4.98 Å². The van der Waals surface area contributed by atoms with Crippen LogP contribution < -0.4 is 5.32 Å². The van der Waals surface area contributed by atoms with Crippen LogP contribution >= 0.6 is 0 Å². The van der Waals surface area contributed by atoms with Crippen molar-refractivity contribution in [1.82, 2.24) is 14.9 Å². The highest BCUT2D eigenvalue weighted by Gasteiger charge is 2.26. The van der Waals surface area contributed by atoms with E-state index in [1.807, 2.05) is 25.1 Å². The number of aromatic hydroxyl groups is 1. The van der Waals surface area contributed by atoms with Gasteiger partial charge in [0.2, 0.25) is 0 Å². The summed E-state index contributed by atoms with van der Waals surface area (Å²) < 4.78 is 2.47. The molecule has 0 spiro atoms. The number of para-hydroxylation sites is 1. The standard InChI is InChI=1S/C33H41N3O/c1-4-6-14-23-36-31(29(22-7-5-2)34-24-28-21-15-16-25(3)32(28)37)30(26-17-10-8-11-18-26)35-33(36)27-19-12-9-13-20-27/h8-13,15-21,29,34,37H,4-7,14,22-24H2,1-3H3. The number of imidazole rings is 1. The van der Waals surface area contributed by atoms with E-state index in [-0.39, 0.29) is 6.04 Å². The number of unbranched alkanes of at least 4 members (excludes halogenated alkanes) is 3. The molecule has 0 aliphatic carbocycles. The number of phenols is 1. The molecule has 0 amide bonds. The third kappa shape index (κ3) is 6.50. The molecule has 1 unspecified atom stereocenters. The van der Waals surface area contributed by atoms with Crippen LogP contribution in [0.4, 0.5) is 0 Å². The number of phenolic OH excluding ortho intramolecular Hbond substituents is 1. The summed E-state index contributed by atoms with van der Waals surface area (Å²) in [4.78, 5) is 5.32. The Balaban J connectivity index is 1.84. The molecule has 1 atom stereocenters. The Bertz CT molecular complexity index is 1250. The predicted molar refractivity (Wildman–Crippen MR) is 155 cm³/mol. The lowest BCUT2D eigenvalue weighted by Crippen LogP contribution is -2.25. The monoisotopic (exact) mass is 495 g/mol. The fourth-order valence-electron chi connectivity index (χ4n) is 5.02. The highest BCUT2D eigenvalue weighted by Crippen LogP contribution is 2.36. The van der Waals surface area contributed by atoms with E-state index in [1.54, 1.807) is 0 Å². The number of hydrogen-bond acceptors (Lipinski definition) is 3. The number of hydrogen-bond donors (Lipinski definition) is 2. The van der Waals surface area contributed by atoms with E-state index in [0.717, 1.165) is 66.0 Å². The Hall–Kier alpha value is -3.37. The zero-order valence-electron chi connectivity index (χ0n) is 22.6. The molecule has 4 heteroatoms. The van der Waals surface area contributed by atoms with Gasteiger partial charge in [0.05, 0.1) is 17.4 Å². The van der Waals surface area contributed by atoms with Crippen molar-refractivity contribution in [3.05, 3.63) is 95.7 Å². The Kier molecular flexibility index (Phi) is 9.56. The second-order valence-electron chi connectivity index (χ2n) is 9.92. The van der Waals surface area contributed by atoms with Crippen LogP contribution in [0.15, 0.2) is 78.9 Å². The summed E-state index contributed by atoms with van der Waals surface area (Å²) in [6.45, 7) is 8.00. The molecule has 0 aliphatic heterocycles. The average molecular weight is 496 g/mol. The zero-order chi connectivity index (χ0) is 26.0. The fraction of sp³-hybridized carbons (Fsp3) is 0.364. The number of rotatable bonds is 13. The third-order valence-electron chi connectivity index (χ3n) is 7.11. The molecule has 194 valence electrons. The van der Waals surface area contributed by atoms with Crippen LogP contribution in [0.2, 0.25) is 0 Å². The minimum Gasteiger partial charge on any atom is -0.507 e. The quantitative estimate of drug-likeness (QED) is 0.183. The second kappa shape index (κ2) is 13.3. The second-order valence-corrected chi connectivity index (χ2v) is 9.92. The Morgan fingerprint density at radius 1 is 0.811 bits per heavy atom. The molecule has 37 heavy (non-hydrogen) atoms. The first-order valence-electron chi connectivity index (χ1n) is 13.9. The summed E-state index contributed by atoms with van der Waals surface area (Å²) >= 11 is 0. The van der Waals surface area contributed by atoms with Gasteiger partial charge in [-0.05, 0) is 25.3 Å². The van der Waals surface area contributed by atoms with E-state index < -0.39 is 0 Å². The van der Waals surface area contributed by atoms with Crippen molar-refractivity contribution in [2.75, 3.05) is 0 Å². The molecule has 4 rings (SSSR count). The van der Waals surface area contributed by atoms with Crippen LogP contribution in [0.1, 0.15) is 75.2 Å². The van der Waals surface area contributed by atoms with Crippen LogP contribution in [-0.4, -0.2) is 14.7 Å². The topological polar surface area (TPSA) is 50.1 Å². The van der Waals surface area contributed by atoms with Crippen LogP contribution in [0.3, 0.4) is 0 Å². The molecule has 0 saturated heterocycles. The fourth-order valence-corrected chi connectivity index (χ4v) is 5.02. The summed E-state index contributed by atoms with van der Waals surface area (Å²) in [7, 11) is 0. The molecule has 0 fully saturated rings. The van der Waals surface area contributed by atoms with Gasteiger partial charge in [0.15, 0.2) is 0 Å². The Labute approximate surface area is 222 Å². The summed E-state index contributed by atoms with van der Waals surface area (Å²) in [5.74, 6) is 1.42. The smallest absolute Gasteiger partial charge is 0.140 e. The SMILES string of the molecule is CCCCCn1c(-c2ccccc2)nc(-c2ccccc2)c1C(CCCC)NCc1cccc(C)c1O. The first-order valence-corrected chi connectivity index (χ1v) is 13.9. The van der Waals surface area contributed by atoms with Crippen molar-refractivity contribution in [2.45, 2.75) is 78.4 Å². The molecule has 1 aromatic heterocycles. The number of aromatic nitrogens is 2. The van der Waals surface area contributed by atoms with Crippen molar-refractivity contribution in [3.63, 3.8) is 0 Å². The molecule has 0 radical (unpaired) electrons. The van der Waals surface area contributed by atoms with Crippen LogP contribution in [0.25, 0.3) is 22.6 Å². The lowest BCUT2D eigenvalue weighted by Gasteiger charge is -2.23. The van der Waals surface area contributed by atoms with Crippen molar-refractivity contribution in [2.24, 2.45) is 0 Å². The van der Waals surface area contributed by atoms with Gasteiger partial charge in [0.25, 0.3) is 0 Å². The van der Waals surface area contributed by atoms with Crippen LogP contribution in [0.5, 0.6) is 5.75 Å². The molecular weight excluding hydrogens is 454 g/mol. The van der Waals surface area contributed by atoms with Gasteiger partial charge >= 0.3 is 0 Å². The van der Waals surface area contributed by atoms with E-state index in [9.17, 15) is 5.11 Å². The average Bonchev–Trinajstić information content (AvgIpc) is 3.31. The molecule has 3 aromatic carbocycles. The van der Waals surface area contributed by atoms with Gasteiger partial charge in [0.1, 0.15) is 11.6 Å². The van der Waals surface area contributed by atoms with E-state index >= 15 is 0 Å². The van der Waals surface area contributed by atoms with Crippen molar-refractivity contribution in [3.8, 4) is 28.4 Å². The van der Waals surface area contributed by atoms with Crippen molar-refractivity contribution in [1.29, 1.82) is 0 Å². The highest BCUT2D eigenvalue weighted by atomic mass is 16.3. The normalized spacial score (nSPS) is 12.1. The minimum atomic E-state index is 0.113. The molecule has 0 aliphatic rings. The number of nitrogens with zero attached hydrogens (tertiary/aromatic N) is 2. The Morgan fingerprint density at radius 3 is 2.16 bits per heavy atom. The van der Waals surface area contributed by atoms with Crippen LogP contribution in [-0.2, 0) is 13.1 Å². The molecule has 0 bridgehead atoms. The molecular formula is C33H41N3O. The molecule has 0 saturated carbocycles. The molecule has 4 aromatic rings. The summed E-state index contributed by atoms with van der Waals surface area (Å²) in [6, 6.07) is 27.3. The number of nitrogens with one attached hydrogen (secondary N) is 1. The zero-order valence-corrected chi connectivity index (χ0v) is 22.6. The van der Waals surface area contributed by atoms with Gasteiger partial charge in [0, 0.05) is 29.8 Å². The first kappa shape index (κ1) is 26.7. The van der Waals surface area contributed by atoms with Gasteiger partial charge in [-0.2, -0.15) is 0 Å². The van der Waals surface area contributed by atoms with Gasteiger partial charge in [-0.1, -0.05) is 118 Å². The number of aryl methyl sites for hydroxylation is 1. The maximum Gasteiger partial charge on any atom is 0.140 e. The molecule has 4 nitrogen and oxygen atoms in total. The molecule has 1 heterocycles. The van der Waals surface area contributed by atoms with Crippen molar-refractivity contribution >= 4 is 0 Å². The first-order chi connectivity index (χ1) is 18.1. The minimum absolute atomic E-state index is 0.113. The predicted octanol–water partition coefficient (Wildman–Crippen LogP) is 8.44. The maximum atomic E-state index is 10.7. The maximum absolute atomic E-state index is 10.7. The van der Waals surface area contributed by atoms with Crippen molar-refractivity contribution < 1.29 is 5.11 Å². The third-order valence-corrected chi connectivity index (χ3v) is 7.11.